The predicted molar refractivity (Wildman–Crippen MR) is 87.1 cm³/mol. The molecule has 0 aliphatic carbocycles. The Morgan fingerprint density at radius 1 is 1.23 bits per heavy atom. The molecule has 1 nitrogen and oxygen atoms in total. The average Bonchev–Trinajstić information content (AvgIpc) is 2.43. The fourth-order valence-electron chi connectivity index (χ4n) is 1.32. The summed E-state index contributed by atoms with van der Waals surface area (Å²) < 4.78 is 37.1. The zero-order valence-electron chi connectivity index (χ0n) is 13.4. The molecule has 0 amide bonds. The Hall–Kier alpha value is -1.23. The zero-order valence-corrected chi connectivity index (χ0v) is 14.2. The highest BCUT2D eigenvalue weighted by Crippen LogP contribution is 2.31. The second-order valence-electron chi connectivity index (χ2n) is 4.99. The van der Waals surface area contributed by atoms with Gasteiger partial charge in [-0.15, -0.1) is 11.8 Å². The molecule has 0 aliphatic heterocycles. The van der Waals surface area contributed by atoms with Gasteiger partial charge in [-0.05, 0) is 43.2 Å². The molecule has 0 heterocycles. The molecule has 0 saturated carbocycles. The Morgan fingerprint density at radius 3 is 2.14 bits per heavy atom. The van der Waals surface area contributed by atoms with Gasteiger partial charge in [-0.25, -0.2) is 0 Å². The van der Waals surface area contributed by atoms with Crippen molar-refractivity contribution in [2.45, 2.75) is 45.2 Å². The zero-order chi connectivity index (χ0) is 17.2. The van der Waals surface area contributed by atoms with Crippen molar-refractivity contribution in [1.29, 1.82) is 0 Å². The first kappa shape index (κ1) is 20.8. The fraction of sp³-hybridized carbons (Fsp3) is 0.471. The summed E-state index contributed by atoms with van der Waals surface area (Å²) in [6.07, 6.45) is 0.276. The fourth-order valence-corrected chi connectivity index (χ4v) is 2.22. The Kier molecular flexibility index (Phi) is 9.90. The summed E-state index contributed by atoms with van der Waals surface area (Å²) in [5.41, 5.74) is -0.638. The van der Waals surface area contributed by atoms with Crippen molar-refractivity contribution < 1.29 is 18.0 Å². The van der Waals surface area contributed by atoms with Crippen LogP contribution in [0.25, 0.3) is 0 Å². The number of rotatable bonds is 5. The number of benzene rings is 1. The summed E-state index contributed by atoms with van der Waals surface area (Å²) in [5, 5.41) is 0. The number of hydrogen-bond acceptors (Lipinski definition) is 2. The lowest BCUT2D eigenvalue weighted by atomic mass is 10.2. The molecule has 0 radical (unpaired) electrons. The van der Waals surface area contributed by atoms with Crippen LogP contribution in [0.3, 0.4) is 0 Å². The van der Waals surface area contributed by atoms with Gasteiger partial charge in [-0.2, -0.15) is 13.2 Å². The summed E-state index contributed by atoms with van der Waals surface area (Å²) in [6.45, 7) is 7.68. The molecule has 0 spiro atoms. The number of carbonyl (C=O) groups excluding carboxylic acids is 1. The number of ketones is 1. The Balaban J connectivity index is 0.00000135. The number of thioether (sulfide) groups is 1. The number of halogens is 3. The van der Waals surface area contributed by atoms with E-state index >= 15 is 0 Å². The predicted octanol–water partition coefficient (Wildman–Crippen LogP) is 6.00. The van der Waals surface area contributed by atoms with Crippen LogP contribution in [0.2, 0.25) is 0 Å². The van der Waals surface area contributed by atoms with E-state index in [0.717, 1.165) is 22.8 Å². The van der Waals surface area contributed by atoms with Crippen LogP contribution in [0.4, 0.5) is 13.2 Å². The van der Waals surface area contributed by atoms with Crippen molar-refractivity contribution in [3.8, 4) is 0 Å². The Labute approximate surface area is 135 Å². The van der Waals surface area contributed by atoms with E-state index in [2.05, 4.69) is 13.8 Å². The van der Waals surface area contributed by atoms with Crippen LogP contribution >= 0.6 is 11.8 Å². The summed E-state index contributed by atoms with van der Waals surface area (Å²) >= 11 is 1.47. The molecule has 1 atom stereocenters. The van der Waals surface area contributed by atoms with Crippen LogP contribution in [0, 0.1) is 5.92 Å². The van der Waals surface area contributed by atoms with Gasteiger partial charge in [0, 0.05) is 10.6 Å². The molecule has 1 rings (SSSR count). The highest BCUT2D eigenvalue weighted by atomic mass is 32.2. The molecule has 0 N–H and O–H groups in total. The lowest BCUT2D eigenvalue weighted by molar-refractivity contribution is -0.137. The molecular formula is C17H23F3OS. The smallest absolute Gasteiger partial charge is 0.295 e. The summed E-state index contributed by atoms with van der Waals surface area (Å²) in [7, 11) is 0. The van der Waals surface area contributed by atoms with E-state index in [4.69, 9.17) is 0 Å². The number of allylic oxidation sites excluding steroid dienone is 2. The first-order valence-corrected chi connectivity index (χ1v) is 8.18. The molecule has 124 valence electrons. The molecule has 1 aromatic carbocycles. The largest absolute Gasteiger partial charge is 0.416 e. The van der Waals surface area contributed by atoms with Gasteiger partial charge in [0.05, 0.1) is 5.56 Å². The number of hydrogen-bond donors (Lipinski definition) is 0. The van der Waals surface area contributed by atoms with Crippen molar-refractivity contribution in [1.82, 2.24) is 0 Å². The number of alkyl halides is 3. The molecule has 1 aromatic rings. The first-order valence-electron chi connectivity index (χ1n) is 7.19. The van der Waals surface area contributed by atoms with Crippen LogP contribution in [0.15, 0.2) is 41.3 Å². The maximum absolute atomic E-state index is 12.4. The van der Waals surface area contributed by atoms with Crippen LogP contribution in [-0.4, -0.2) is 11.5 Å². The van der Waals surface area contributed by atoms with Crippen LogP contribution in [0.1, 0.15) is 39.7 Å². The lowest BCUT2D eigenvalue weighted by Crippen LogP contribution is -2.04. The van der Waals surface area contributed by atoms with Gasteiger partial charge in [-0.3, -0.25) is 4.79 Å². The van der Waals surface area contributed by atoms with Gasteiger partial charge in [0.2, 0.25) is 0 Å². The van der Waals surface area contributed by atoms with Gasteiger partial charge >= 0.3 is 6.18 Å². The molecular weight excluding hydrogens is 309 g/mol. The minimum atomic E-state index is -4.29. The van der Waals surface area contributed by atoms with Crippen LogP contribution in [0.5, 0.6) is 0 Å². The monoisotopic (exact) mass is 332 g/mol. The van der Waals surface area contributed by atoms with E-state index in [1.165, 1.54) is 43.3 Å². The molecule has 22 heavy (non-hydrogen) atoms. The van der Waals surface area contributed by atoms with Crippen LogP contribution < -0.4 is 0 Å². The summed E-state index contributed by atoms with van der Waals surface area (Å²) in [6, 6.07) is 5.10. The minimum absolute atomic E-state index is 0.00798. The van der Waals surface area contributed by atoms with Gasteiger partial charge in [0.1, 0.15) is 0 Å². The van der Waals surface area contributed by atoms with E-state index in [1.54, 1.807) is 6.08 Å². The maximum Gasteiger partial charge on any atom is 0.416 e. The Morgan fingerprint density at radius 2 is 1.73 bits per heavy atom. The molecule has 1 unspecified atom stereocenters. The molecule has 0 saturated heterocycles. The van der Waals surface area contributed by atoms with E-state index < -0.39 is 11.7 Å². The normalized spacial score (nSPS) is 12.7. The van der Waals surface area contributed by atoms with E-state index in [0.29, 0.717) is 0 Å². The third-order valence-corrected chi connectivity index (χ3v) is 3.65. The van der Waals surface area contributed by atoms with Crippen molar-refractivity contribution >= 4 is 17.5 Å². The van der Waals surface area contributed by atoms with Gasteiger partial charge in [-0.1, -0.05) is 33.3 Å². The van der Waals surface area contributed by atoms with E-state index in [-0.39, 0.29) is 11.7 Å². The van der Waals surface area contributed by atoms with Crippen molar-refractivity contribution in [3.05, 3.63) is 42.0 Å². The van der Waals surface area contributed by atoms with Crippen LogP contribution in [-0.2, 0) is 11.0 Å². The quantitative estimate of drug-likeness (QED) is 0.486. The number of carbonyl (C=O) groups is 1. The van der Waals surface area contributed by atoms with Crippen molar-refractivity contribution in [2.24, 2.45) is 5.92 Å². The van der Waals surface area contributed by atoms with E-state index in [1.807, 2.05) is 6.92 Å². The van der Waals surface area contributed by atoms with Gasteiger partial charge in [0.15, 0.2) is 5.78 Å². The Bertz CT molecular complexity index is 464. The molecule has 0 aliphatic rings. The summed E-state index contributed by atoms with van der Waals surface area (Å²) in [5.74, 6) is 0.900. The molecule has 5 heteroatoms. The third-order valence-electron chi connectivity index (χ3n) is 2.35. The lowest BCUT2D eigenvalue weighted by Gasteiger charge is -2.08. The third kappa shape index (κ3) is 9.66. The highest BCUT2D eigenvalue weighted by molar-refractivity contribution is 7.99. The topological polar surface area (TPSA) is 17.1 Å². The molecule has 0 aromatic heterocycles. The summed E-state index contributed by atoms with van der Waals surface area (Å²) in [4.78, 5) is 11.5. The van der Waals surface area contributed by atoms with Gasteiger partial charge < -0.3 is 0 Å². The molecule has 0 fully saturated rings. The first-order chi connectivity index (χ1) is 10.2. The van der Waals surface area contributed by atoms with E-state index in [9.17, 15) is 18.0 Å². The molecule has 0 bridgehead atoms. The second-order valence-corrected chi connectivity index (χ2v) is 6.08. The van der Waals surface area contributed by atoms with Gasteiger partial charge in [0.25, 0.3) is 0 Å². The average molecular weight is 332 g/mol. The minimum Gasteiger partial charge on any atom is -0.295 e. The SMILES string of the molecule is CC(=O)/C=C/C(C)CSc1ccc(C(F)(F)F)cc1.CCC. The standard InChI is InChI=1S/C14H15F3OS.C3H8/c1-10(3-4-11(2)18)9-19-13-7-5-12(6-8-13)14(15,16)17;1-3-2/h3-8,10H,9H2,1-2H3;3H2,1-2H3/b4-3+;. The maximum atomic E-state index is 12.4. The second kappa shape index (κ2) is 10.5. The highest BCUT2D eigenvalue weighted by Gasteiger charge is 2.29. The van der Waals surface area contributed by atoms with Crippen molar-refractivity contribution in [2.75, 3.05) is 5.75 Å². The van der Waals surface area contributed by atoms with Crippen molar-refractivity contribution in [3.63, 3.8) is 0 Å².